The van der Waals surface area contributed by atoms with E-state index in [1.165, 1.54) is 12.1 Å². The minimum Gasteiger partial charge on any atom is -0.488 e. The van der Waals surface area contributed by atoms with E-state index in [2.05, 4.69) is 5.32 Å². The number of alkyl carbamates (subject to hydrolysis) is 1. The first-order valence-electron chi connectivity index (χ1n) is 7.16. The van der Waals surface area contributed by atoms with Crippen molar-refractivity contribution in [3.05, 3.63) is 24.0 Å². The average molecular weight is 363 g/mol. The third kappa shape index (κ3) is 6.71. The van der Waals surface area contributed by atoms with Crippen molar-refractivity contribution in [3.8, 4) is 5.75 Å². The number of aliphatic hydroxyl groups excluding tert-OH is 1. The normalized spacial score (nSPS) is 13.2. The molecular formula is C15H22FNO6S. The topological polar surface area (TPSA) is 102 Å². The Morgan fingerprint density at radius 1 is 1.38 bits per heavy atom. The second kappa shape index (κ2) is 7.80. The van der Waals surface area contributed by atoms with Gasteiger partial charge < -0.3 is 19.9 Å². The van der Waals surface area contributed by atoms with Crippen LogP contribution in [0.15, 0.2) is 23.1 Å². The summed E-state index contributed by atoms with van der Waals surface area (Å²) in [6, 6.07) is 3.70. The molecule has 0 fully saturated rings. The molecule has 0 bridgehead atoms. The number of carbonyl (C=O) groups excluding carboxylic acids is 1. The number of nitrogens with one attached hydrogen (secondary N) is 1. The SMILES string of the molecule is CC(C)(C)OC(=O)NCC(O)COc1cccc(S(C)(=O)=O)c1F. The maximum Gasteiger partial charge on any atom is 0.407 e. The lowest BCUT2D eigenvalue weighted by molar-refractivity contribution is 0.0461. The quantitative estimate of drug-likeness (QED) is 0.794. The Labute approximate surface area is 140 Å². The Morgan fingerprint density at radius 3 is 2.54 bits per heavy atom. The van der Waals surface area contributed by atoms with Crippen molar-refractivity contribution in [2.24, 2.45) is 0 Å². The van der Waals surface area contributed by atoms with Crippen LogP contribution in [0.4, 0.5) is 9.18 Å². The predicted molar refractivity (Wildman–Crippen MR) is 85.2 cm³/mol. The van der Waals surface area contributed by atoms with E-state index in [1.807, 2.05) is 0 Å². The number of hydrogen-bond donors (Lipinski definition) is 2. The summed E-state index contributed by atoms with van der Waals surface area (Å²) in [7, 11) is -3.72. The molecule has 7 nitrogen and oxygen atoms in total. The van der Waals surface area contributed by atoms with Crippen molar-refractivity contribution in [2.45, 2.75) is 37.4 Å². The van der Waals surface area contributed by atoms with Gasteiger partial charge >= 0.3 is 6.09 Å². The van der Waals surface area contributed by atoms with Crippen molar-refractivity contribution in [1.29, 1.82) is 0 Å². The van der Waals surface area contributed by atoms with Gasteiger partial charge in [0.15, 0.2) is 21.4 Å². The molecule has 0 saturated carbocycles. The van der Waals surface area contributed by atoms with E-state index in [-0.39, 0.29) is 18.9 Å². The van der Waals surface area contributed by atoms with Crippen LogP contribution in [0.5, 0.6) is 5.75 Å². The van der Waals surface area contributed by atoms with Crippen LogP contribution in [-0.4, -0.2) is 50.7 Å². The lowest BCUT2D eigenvalue weighted by Gasteiger charge is -2.20. The van der Waals surface area contributed by atoms with Gasteiger partial charge in [0, 0.05) is 6.26 Å². The molecule has 0 heterocycles. The Hall–Kier alpha value is -1.87. The van der Waals surface area contributed by atoms with Crippen LogP contribution in [0.3, 0.4) is 0 Å². The van der Waals surface area contributed by atoms with Crippen LogP contribution in [-0.2, 0) is 14.6 Å². The van der Waals surface area contributed by atoms with Gasteiger partial charge in [-0.2, -0.15) is 0 Å². The smallest absolute Gasteiger partial charge is 0.407 e. The molecule has 0 aliphatic rings. The maximum absolute atomic E-state index is 14.0. The zero-order valence-corrected chi connectivity index (χ0v) is 14.8. The standard InChI is InChI=1S/C15H22FNO6S/c1-15(2,3)23-14(19)17-8-10(18)9-22-11-6-5-7-12(13(11)16)24(4,20)21/h5-7,10,18H,8-9H2,1-4H3,(H,17,19). The second-order valence-electron chi connectivity index (χ2n) is 6.19. The second-order valence-corrected chi connectivity index (χ2v) is 8.17. The predicted octanol–water partition coefficient (Wildman–Crippen LogP) is 1.49. The van der Waals surface area contributed by atoms with E-state index in [0.29, 0.717) is 0 Å². The van der Waals surface area contributed by atoms with Gasteiger partial charge in [-0.15, -0.1) is 0 Å². The summed E-state index contributed by atoms with van der Waals surface area (Å²) in [5.41, 5.74) is -0.666. The van der Waals surface area contributed by atoms with Crippen molar-refractivity contribution >= 4 is 15.9 Å². The number of aliphatic hydroxyl groups is 1. The lowest BCUT2D eigenvalue weighted by Crippen LogP contribution is -2.38. The molecule has 9 heteroatoms. The largest absolute Gasteiger partial charge is 0.488 e. The molecule has 1 atom stereocenters. The van der Waals surface area contributed by atoms with Crippen LogP contribution in [0.25, 0.3) is 0 Å². The average Bonchev–Trinajstić information content (AvgIpc) is 2.41. The first kappa shape index (κ1) is 20.2. The third-order valence-electron chi connectivity index (χ3n) is 2.64. The highest BCUT2D eigenvalue weighted by Crippen LogP contribution is 2.24. The van der Waals surface area contributed by atoms with E-state index in [4.69, 9.17) is 9.47 Å². The van der Waals surface area contributed by atoms with Crippen molar-refractivity contribution < 1.29 is 32.2 Å². The van der Waals surface area contributed by atoms with E-state index < -0.39 is 38.3 Å². The van der Waals surface area contributed by atoms with Crippen molar-refractivity contribution in [3.63, 3.8) is 0 Å². The van der Waals surface area contributed by atoms with E-state index in [9.17, 15) is 22.7 Å². The lowest BCUT2D eigenvalue weighted by atomic mass is 10.2. The van der Waals surface area contributed by atoms with Gasteiger partial charge in [-0.05, 0) is 32.9 Å². The van der Waals surface area contributed by atoms with Crippen LogP contribution in [0.2, 0.25) is 0 Å². The first-order valence-corrected chi connectivity index (χ1v) is 9.05. The fourth-order valence-corrected chi connectivity index (χ4v) is 2.40. The molecule has 1 rings (SSSR count). The Morgan fingerprint density at radius 2 is 2.00 bits per heavy atom. The van der Waals surface area contributed by atoms with Crippen molar-refractivity contribution in [2.75, 3.05) is 19.4 Å². The Bertz CT molecular complexity index is 684. The number of amides is 1. The molecule has 0 aliphatic heterocycles. The third-order valence-corrected chi connectivity index (χ3v) is 3.75. The van der Waals surface area contributed by atoms with Crippen LogP contribution < -0.4 is 10.1 Å². The van der Waals surface area contributed by atoms with Gasteiger partial charge in [-0.25, -0.2) is 17.6 Å². The summed E-state index contributed by atoms with van der Waals surface area (Å²) in [5, 5.41) is 12.1. The highest BCUT2D eigenvalue weighted by Gasteiger charge is 2.19. The number of sulfone groups is 1. The highest BCUT2D eigenvalue weighted by atomic mass is 32.2. The summed E-state index contributed by atoms with van der Waals surface area (Å²) < 4.78 is 47.0. The molecule has 1 aromatic rings. The molecule has 24 heavy (non-hydrogen) atoms. The number of hydrogen-bond acceptors (Lipinski definition) is 6. The molecule has 0 radical (unpaired) electrons. The minimum absolute atomic E-state index is 0.164. The van der Waals surface area contributed by atoms with Crippen LogP contribution >= 0.6 is 0 Å². The van der Waals surface area contributed by atoms with Gasteiger partial charge in [0.05, 0.1) is 6.54 Å². The van der Waals surface area contributed by atoms with Gasteiger partial charge in [-0.3, -0.25) is 0 Å². The van der Waals surface area contributed by atoms with Gasteiger partial charge in [0.25, 0.3) is 0 Å². The number of benzene rings is 1. The summed E-state index contributed by atoms with van der Waals surface area (Å²) in [6.07, 6.45) is -0.944. The fourth-order valence-electron chi connectivity index (χ4n) is 1.65. The molecule has 2 N–H and O–H groups in total. The first-order chi connectivity index (χ1) is 10.9. The van der Waals surface area contributed by atoms with E-state index >= 15 is 0 Å². The molecule has 1 amide bonds. The Balaban J connectivity index is 2.57. The molecule has 1 aromatic carbocycles. The van der Waals surface area contributed by atoms with Crippen LogP contribution in [0, 0.1) is 5.82 Å². The number of rotatable bonds is 6. The number of ether oxygens (including phenoxy) is 2. The zero-order chi connectivity index (χ0) is 18.5. The summed E-state index contributed by atoms with van der Waals surface area (Å²) in [4.78, 5) is 10.9. The minimum atomic E-state index is -3.72. The molecule has 0 spiro atoms. The van der Waals surface area contributed by atoms with Crippen molar-refractivity contribution in [1.82, 2.24) is 5.32 Å². The number of halogens is 1. The summed E-state index contributed by atoms with van der Waals surface area (Å²) in [5.74, 6) is -1.32. The molecule has 0 saturated heterocycles. The fraction of sp³-hybridized carbons (Fsp3) is 0.533. The van der Waals surface area contributed by atoms with Gasteiger partial charge in [-0.1, -0.05) is 6.07 Å². The summed E-state index contributed by atoms with van der Waals surface area (Å²) in [6.45, 7) is 4.60. The monoisotopic (exact) mass is 363 g/mol. The molecule has 0 aromatic heterocycles. The molecule has 1 unspecified atom stereocenters. The van der Waals surface area contributed by atoms with Gasteiger partial charge in [0.2, 0.25) is 0 Å². The van der Waals surface area contributed by atoms with E-state index in [0.717, 1.165) is 12.3 Å². The van der Waals surface area contributed by atoms with Crippen LogP contribution in [0.1, 0.15) is 20.8 Å². The Kier molecular flexibility index (Phi) is 6.56. The zero-order valence-electron chi connectivity index (χ0n) is 14.0. The summed E-state index contributed by atoms with van der Waals surface area (Å²) >= 11 is 0. The molecule has 136 valence electrons. The highest BCUT2D eigenvalue weighted by molar-refractivity contribution is 7.90. The van der Waals surface area contributed by atoms with E-state index in [1.54, 1.807) is 20.8 Å². The van der Waals surface area contributed by atoms with Gasteiger partial charge in [0.1, 0.15) is 23.2 Å². The maximum atomic E-state index is 14.0. The molecular weight excluding hydrogens is 341 g/mol. The molecule has 0 aliphatic carbocycles. The number of carbonyl (C=O) groups is 1.